The van der Waals surface area contributed by atoms with E-state index in [4.69, 9.17) is 0 Å². The number of hydrogen-bond donors (Lipinski definition) is 0. The largest absolute Gasteiger partial charge is 0.0622 e. The fourth-order valence-corrected chi connectivity index (χ4v) is 2.62. The van der Waals surface area contributed by atoms with Gasteiger partial charge in [-0.25, -0.2) is 0 Å². The van der Waals surface area contributed by atoms with Gasteiger partial charge in [-0.1, -0.05) is 13.0 Å². The first-order valence-corrected chi connectivity index (χ1v) is 5.68. The molecule has 0 spiro atoms. The van der Waals surface area contributed by atoms with Crippen LogP contribution in [0.4, 0.5) is 0 Å². The molecule has 0 heterocycles. The zero-order valence-electron chi connectivity index (χ0n) is 9.78. The second-order valence-corrected chi connectivity index (χ2v) is 4.93. The summed E-state index contributed by atoms with van der Waals surface area (Å²) in [5.41, 5.74) is 7.77. The first-order valence-electron chi connectivity index (χ1n) is 5.68. The maximum absolute atomic E-state index is 2.41. The highest BCUT2D eigenvalue weighted by Gasteiger charge is 2.18. The topological polar surface area (TPSA) is 0 Å². The van der Waals surface area contributed by atoms with E-state index in [1.807, 2.05) is 0 Å². The Bertz CT molecular complexity index is 361. The highest BCUT2D eigenvalue weighted by atomic mass is 14.2. The molecule has 0 unspecified atom stereocenters. The predicted octanol–water partition coefficient (Wildman–Crippen LogP) is 3.74. The van der Waals surface area contributed by atoms with Crippen molar-refractivity contribution in [3.63, 3.8) is 0 Å². The summed E-state index contributed by atoms with van der Waals surface area (Å²) in [6.07, 6.45) is 3.96. The van der Waals surface area contributed by atoms with Crippen LogP contribution in [0.5, 0.6) is 0 Å². The number of benzene rings is 1. The summed E-state index contributed by atoms with van der Waals surface area (Å²) in [6, 6.07) is 2.41. The third kappa shape index (κ3) is 1.47. The van der Waals surface area contributed by atoms with Gasteiger partial charge in [0.05, 0.1) is 0 Å². The summed E-state index contributed by atoms with van der Waals surface area (Å²) in [4.78, 5) is 0. The highest BCUT2D eigenvalue weighted by molar-refractivity contribution is 5.45. The molecule has 1 aliphatic rings. The van der Waals surface area contributed by atoms with Crippen molar-refractivity contribution in [1.29, 1.82) is 0 Å². The fourth-order valence-electron chi connectivity index (χ4n) is 2.62. The van der Waals surface area contributed by atoms with Gasteiger partial charge in [-0.2, -0.15) is 0 Å². The molecule has 0 aliphatic heterocycles. The van der Waals surface area contributed by atoms with Crippen LogP contribution in [-0.2, 0) is 12.8 Å². The Balaban J connectivity index is 2.54. The molecule has 0 radical (unpaired) electrons. The zero-order chi connectivity index (χ0) is 10.3. The van der Waals surface area contributed by atoms with E-state index in [-0.39, 0.29) is 0 Å². The van der Waals surface area contributed by atoms with Gasteiger partial charge >= 0.3 is 0 Å². The van der Waals surface area contributed by atoms with Crippen molar-refractivity contribution in [3.8, 4) is 0 Å². The van der Waals surface area contributed by atoms with Crippen molar-refractivity contribution in [3.05, 3.63) is 33.9 Å². The lowest BCUT2D eigenvalue weighted by Crippen LogP contribution is -2.13. The van der Waals surface area contributed by atoms with Gasteiger partial charge in [0.25, 0.3) is 0 Å². The SMILES string of the molecule is Cc1cc2c(c(C)c1C)CC[C@H](C)C2. The van der Waals surface area contributed by atoms with Crippen LogP contribution in [0.25, 0.3) is 0 Å². The van der Waals surface area contributed by atoms with Gasteiger partial charge in [0.1, 0.15) is 0 Å². The number of hydrogen-bond acceptors (Lipinski definition) is 0. The molecule has 1 aromatic rings. The Hall–Kier alpha value is -0.780. The lowest BCUT2D eigenvalue weighted by atomic mass is 9.80. The van der Waals surface area contributed by atoms with Crippen molar-refractivity contribution in [2.24, 2.45) is 5.92 Å². The minimum atomic E-state index is 0.879. The predicted molar refractivity (Wildman–Crippen MR) is 61.8 cm³/mol. The van der Waals surface area contributed by atoms with Gasteiger partial charge in [0.2, 0.25) is 0 Å². The van der Waals surface area contributed by atoms with Crippen molar-refractivity contribution in [1.82, 2.24) is 0 Å². The summed E-state index contributed by atoms with van der Waals surface area (Å²) in [6.45, 7) is 9.15. The quantitative estimate of drug-likeness (QED) is 0.582. The van der Waals surface area contributed by atoms with Crippen LogP contribution in [0.2, 0.25) is 0 Å². The van der Waals surface area contributed by atoms with Gasteiger partial charge in [-0.3, -0.25) is 0 Å². The molecule has 1 aliphatic carbocycles. The molecule has 0 saturated heterocycles. The normalized spacial score (nSPS) is 20.7. The molecule has 76 valence electrons. The van der Waals surface area contributed by atoms with Crippen LogP contribution in [-0.4, -0.2) is 0 Å². The van der Waals surface area contributed by atoms with Crippen LogP contribution in [0, 0.1) is 26.7 Å². The Kier molecular flexibility index (Phi) is 2.38. The lowest BCUT2D eigenvalue weighted by molar-refractivity contribution is 0.499. The fraction of sp³-hybridized carbons (Fsp3) is 0.571. The summed E-state index contributed by atoms with van der Waals surface area (Å²) in [7, 11) is 0. The average molecular weight is 188 g/mol. The molecule has 0 amide bonds. The van der Waals surface area contributed by atoms with Gasteiger partial charge in [0, 0.05) is 0 Å². The van der Waals surface area contributed by atoms with E-state index in [9.17, 15) is 0 Å². The van der Waals surface area contributed by atoms with E-state index in [2.05, 4.69) is 33.8 Å². The lowest BCUT2D eigenvalue weighted by Gasteiger charge is -2.25. The molecule has 0 fully saturated rings. The van der Waals surface area contributed by atoms with Crippen molar-refractivity contribution >= 4 is 0 Å². The second-order valence-electron chi connectivity index (χ2n) is 4.93. The van der Waals surface area contributed by atoms with Crippen molar-refractivity contribution in [2.75, 3.05) is 0 Å². The Morgan fingerprint density at radius 3 is 2.57 bits per heavy atom. The minimum absolute atomic E-state index is 0.879. The Morgan fingerprint density at radius 1 is 1.14 bits per heavy atom. The van der Waals surface area contributed by atoms with Crippen LogP contribution in [0.3, 0.4) is 0 Å². The highest BCUT2D eigenvalue weighted by Crippen LogP contribution is 2.30. The van der Waals surface area contributed by atoms with E-state index in [1.54, 1.807) is 16.7 Å². The zero-order valence-corrected chi connectivity index (χ0v) is 9.78. The van der Waals surface area contributed by atoms with E-state index in [1.165, 1.54) is 30.4 Å². The van der Waals surface area contributed by atoms with Crippen LogP contribution in [0.15, 0.2) is 6.07 Å². The van der Waals surface area contributed by atoms with E-state index in [0.29, 0.717) is 0 Å². The molecule has 0 heteroatoms. The van der Waals surface area contributed by atoms with Crippen LogP contribution >= 0.6 is 0 Å². The Morgan fingerprint density at radius 2 is 1.86 bits per heavy atom. The van der Waals surface area contributed by atoms with E-state index in [0.717, 1.165) is 5.92 Å². The standard InChI is InChI=1S/C14H20/c1-9-5-6-14-12(4)11(3)10(2)8-13(14)7-9/h8-9H,5-7H2,1-4H3/t9-/m0/s1. The maximum atomic E-state index is 2.41. The summed E-state index contributed by atoms with van der Waals surface area (Å²) in [5, 5.41) is 0. The molecule has 14 heavy (non-hydrogen) atoms. The number of fused-ring (bicyclic) bond motifs is 1. The van der Waals surface area contributed by atoms with Crippen molar-refractivity contribution in [2.45, 2.75) is 47.0 Å². The molecule has 0 nitrogen and oxygen atoms in total. The van der Waals surface area contributed by atoms with Gasteiger partial charge in [-0.05, 0) is 73.8 Å². The van der Waals surface area contributed by atoms with E-state index >= 15 is 0 Å². The monoisotopic (exact) mass is 188 g/mol. The summed E-state index contributed by atoms with van der Waals surface area (Å²) in [5.74, 6) is 0.879. The third-order valence-electron chi connectivity index (χ3n) is 3.84. The summed E-state index contributed by atoms with van der Waals surface area (Å²) >= 11 is 0. The smallest absolute Gasteiger partial charge is 0.0250 e. The molecular weight excluding hydrogens is 168 g/mol. The Labute approximate surface area is 87.3 Å². The molecule has 0 saturated carbocycles. The first kappa shape index (κ1) is 9.76. The minimum Gasteiger partial charge on any atom is -0.0622 e. The number of rotatable bonds is 0. The van der Waals surface area contributed by atoms with E-state index < -0.39 is 0 Å². The summed E-state index contributed by atoms with van der Waals surface area (Å²) < 4.78 is 0. The maximum Gasteiger partial charge on any atom is -0.0250 e. The molecule has 1 aromatic carbocycles. The van der Waals surface area contributed by atoms with Gasteiger partial charge < -0.3 is 0 Å². The first-order chi connectivity index (χ1) is 6.59. The molecule has 0 aromatic heterocycles. The van der Waals surface area contributed by atoms with Gasteiger partial charge in [0.15, 0.2) is 0 Å². The number of aryl methyl sites for hydroxylation is 1. The van der Waals surface area contributed by atoms with Crippen LogP contribution < -0.4 is 0 Å². The molecule has 0 bridgehead atoms. The molecule has 2 rings (SSSR count). The molecule has 1 atom stereocenters. The molecule has 0 N–H and O–H groups in total. The van der Waals surface area contributed by atoms with Crippen molar-refractivity contribution < 1.29 is 0 Å². The average Bonchev–Trinajstić information content (AvgIpc) is 2.14. The molecular formula is C14H20. The second kappa shape index (κ2) is 3.42. The third-order valence-corrected chi connectivity index (χ3v) is 3.84. The van der Waals surface area contributed by atoms with Gasteiger partial charge in [-0.15, -0.1) is 0 Å². The van der Waals surface area contributed by atoms with Crippen LogP contribution in [0.1, 0.15) is 41.2 Å².